The van der Waals surface area contributed by atoms with Crippen LogP contribution >= 0.6 is 0 Å². The summed E-state index contributed by atoms with van der Waals surface area (Å²) in [6.45, 7) is 5.07. The highest BCUT2D eigenvalue weighted by molar-refractivity contribution is 5.92. The number of rotatable bonds is 7. The van der Waals surface area contributed by atoms with Crippen molar-refractivity contribution in [2.75, 3.05) is 17.2 Å². The zero-order valence-corrected chi connectivity index (χ0v) is 13.1. The Balaban J connectivity index is 2.42. The Bertz CT molecular complexity index is 648. The third kappa shape index (κ3) is 3.98. The van der Waals surface area contributed by atoms with Crippen molar-refractivity contribution < 1.29 is 4.79 Å². The maximum atomic E-state index is 10.8. The van der Waals surface area contributed by atoms with Crippen LogP contribution in [0.15, 0.2) is 48.5 Å². The molecule has 0 saturated heterocycles. The van der Waals surface area contributed by atoms with Crippen molar-refractivity contribution in [1.29, 1.82) is 0 Å². The second-order valence-corrected chi connectivity index (χ2v) is 5.16. The number of anilines is 2. The molecule has 2 rings (SSSR count). The minimum absolute atomic E-state index is 0.715. The van der Waals surface area contributed by atoms with Gasteiger partial charge in [-0.05, 0) is 30.5 Å². The van der Waals surface area contributed by atoms with E-state index in [1.807, 2.05) is 30.3 Å². The molecule has 1 amide bonds. The first-order valence-corrected chi connectivity index (χ1v) is 7.57. The Kier molecular flexibility index (Phi) is 5.78. The molecule has 0 saturated carbocycles. The molecule has 22 heavy (non-hydrogen) atoms. The summed E-state index contributed by atoms with van der Waals surface area (Å²) in [5, 5.41) is 6.19. The largest absolute Gasteiger partial charge is 0.383 e. The summed E-state index contributed by atoms with van der Waals surface area (Å²) in [6.07, 6.45) is 3.89. The molecule has 0 spiro atoms. The number of benzene rings is 2. The third-order valence-electron chi connectivity index (χ3n) is 3.44. The SMILES string of the molecule is CCCNc1c(NC=O)cccc1/C(C)=C/c1ccccc1. The summed E-state index contributed by atoms with van der Waals surface area (Å²) >= 11 is 0. The molecule has 0 aliphatic heterocycles. The molecular formula is C19H22N2O. The van der Waals surface area contributed by atoms with Crippen molar-refractivity contribution in [3.05, 3.63) is 59.7 Å². The molecule has 2 aromatic carbocycles. The van der Waals surface area contributed by atoms with Crippen LogP contribution in [0.2, 0.25) is 0 Å². The number of amides is 1. The van der Waals surface area contributed by atoms with Crippen LogP contribution in [0.5, 0.6) is 0 Å². The van der Waals surface area contributed by atoms with E-state index < -0.39 is 0 Å². The second kappa shape index (κ2) is 8.03. The van der Waals surface area contributed by atoms with E-state index in [1.165, 1.54) is 0 Å². The van der Waals surface area contributed by atoms with Crippen molar-refractivity contribution in [3.63, 3.8) is 0 Å². The van der Waals surface area contributed by atoms with Gasteiger partial charge in [0.05, 0.1) is 11.4 Å². The Hall–Kier alpha value is -2.55. The van der Waals surface area contributed by atoms with E-state index in [1.54, 1.807) is 0 Å². The van der Waals surface area contributed by atoms with Crippen LogP contribution in [-0.2, 0) is 4.79 Å². The molecule has 0 bridgehead atoms. The minimum Gasteiger partial charge on any atom is -0.383 e. The van der Waals surface area contributed by atoms with Crippen LogP contribution in [0.1, 0.15) is 31.4 Å². The Morgan fingerprint density at radius 2 is 1.86 bits per heavy atom. The summed E-state index contributed by atoms with van der Waals surface area (Å²) in [7, 11) is 0. The second-order valence-electron chi connectivity index (χ2n) is 5.16. The van der Waals surface area contributed by atoms with E-state index in [0.29, 0.717) is 6.41 Å². The van der Waals surface area contributed by atoms with Gasteiger partial charge in [0.2, 0.25) is 6.41 Å². The monoisotopic (exact) mass is 294 g/mol. The van der Waals surface area contributed by atoms with E-state index in [2.05, 4.69) is 48.8 Å². The van der Waals surface area contributed by atoms with Gasteiger partial charge in [-0.15, -0.1) is 0 Å². The molecular weight excluding hydrogens is 272 g/mol. The van der Waals surface area contributed by atoms with Gasteiger partial charge in [0.15, 0.2) is 0 Å². The Morgan fingerprint density at radius 1 is 1.09 bits per heavy atom. The first kappa shape index (κ1) is 15.8. The summed E-state index contributed by atoms with van der Waals surface area (Å²) in [5.41, 5.74) is 5.20. The smallest absolute Gasteiger partial charge is 0.211 e. The van der Waals surface area contributed by atoms with Gasteiger partial charge in [0.1, 0.15) is 0 Å². The highest BCUT2D eigenvalue weighted by Gasteiger charge is 2.09. The number of para-hydroxylation sites is 1. The number of carbonyl (C=O) groups is 1. The first-order chi connectivity index (χ1) is 10.8. The zero-order valence-electron chi connectivity index (χ0n) is 13.1. The molecule has 0 fully saturated rings. The van der Waals surface area contributed by atoms with E-state index in [9.17, 15) is 4.79 Å². The van der Waals surface area contributed by atoms with Gasteiger partial charge in [0, 0.05) is 12.1 Å². The molecule has 2 N–H and O–H groups in total. The predicted molar refractivity (Wildman–Crippen MR) is 94.9 cm³/mol. The Labute approximate surface area is 132 Å². The highest BCUT2D eigenvalue weighted by Crippen LogP contribution is 2.32. The lowest BCUT2D eigenvalue weighted by atomic mass is 10.0. The molecule has 114 valence electrons. The molecule has 3 heteroatoms. The summed E-state index contributed by atoms with van der Waals surface area (Å²) < 4.78 is 0. The van der Waals surface area contributed by atoms with Crippen LogP contribution in [0.3, 0.4) is 0 Å². The molecule has 0 radical (unpaired) electrons. The molecule has 0 atom stereocenters. The van der Waals surface area contributed by atoms with E-state index in [4.69, 9.17) is 0 Å². The number of hydrogen-bond donors (Lipinski definition) is 2. The molecule has 3 nitrogen and oxygen atoms in total. The fraction of sp³-hybridized carbons (Fsp3) is 0.211. The normalized spacial score (nSPS) is 11.1. The number of nitrogens with one attached hydrogen (secondary N) is 2. The van der Waals surface area contributed by atoms with Crippen molar-refractivity contribution in [1.82, 2.24) is 0 Å². The molecule has 2 aromatic rings. The maximum Gasteiger partial charge on any atom is 0.211 e. The number of hydrogen-bond acceptors (Lipinski definition) is 2. The van der Waals surface area contributed by atoms with Gasteiger partial charge in [-0.1, -0.05) is 55.5 Å². The van der Waals surface area contributed by atoms with Crippen molar-refractivity contribution in [2.24, 2.45) is 0 Å². The predicted octanol–water partition coefficient (Wildman–Crippen LogP) is 4.64. The molecule has 0 unspecified atom stereocenters. The highest BCUT2D eigenvalue weighted by atomic mass is 16.1. The summed E-state index contributed by atoms with van der Waals surface area (Å²) in [6, 6.07) is 16.2. The van der Waals surface area contributed by atoms with Gasteiger partial charge < -0.3 is 10.6 Å². The minimum atomic E-state index is 0.715. The van der Waals surface area contributed by atoms with E-state index >= 15 is 0 Å². The van der Waals surface area contributed by atoms with Crippen molar-refractivity contribution in [2.45, 2.75) is 20.3 Å². The van der Waals surface area contributed by atoms with Gasteiger partial charge in [-0.25, -0.2) is 0 Å². The van der Waals surface area contributed by atoms with Crippen LogP contribution in [0, 0.1) is 0 Å². The fourth-order valence-corrected chi connectivity index (χ4v) is 2.38. The quantitative estimate of drug-likeness (QED) is 0.577. The number of allylic oxidation sites excluding steroid dienone is 1. The summed E-state index contributed by atoms with van der Waals surface area (Å²) in [4.78, 5) is 10.8. The molecule has 0 heterocycles. The molecule has 0 aromatic heterocycles. The van der Waals surface area contributed by atoms with Crippen LogP contribution < -0.4 is 10.6 Å². The third-order valence-corrected chi connectivity index (χ3v) is 3.44. The fourth-order valence-electron chi connectivity index (χ4n) is 2.38. The lowest BCUT2D eigenvalue weighted by molar-refractivity contribution is -0.105. The molecule has 0 aliphatic carbocycles. The van der Waals surface area contributed by atoms with Crippen LogP contribution in [-0.4, -0.2) is 13.0 Å². The van der Waals surface area contributed by atoms with Gasteiger partial charge in [0.25, 0.3) is 0 Å². The van der Waals surface area contributed by atoms with E-state index in [0.717, 1.165) is 41.0 Å². The van der Waals surface area contributed by atoms with E-state index in [-0.39, 0.29) is 0 Å². The maximum absolute atomic E-state index is 10.8. The van der Waals surface area contributed by atoms with Gasteiger partial charge >= 0.3 is 0 Å². The standard InChI is InChI=1S/C19H22N2O/c1-3-12-20-19-17(10-7-11-18(19)21-14-22)15(2)13-16-8-5-4-6-9-16/h4-11,13-14,20H,3,12H2,1-2H3,(H,21,22)/b15-13+. The first-order valence-electron chi connectivity index (χ1n) is 7.57. The average Bonchev–Trinajstić information content (AvgIpc) is 2.54. The number of carbonyl (C=O) groups excluding carboxylic acids is 1. The topological polar surface area (TPSA) is 41.1 Å². The van der Waals surface area contributed by atoms with Crippen molar-refractivity contribution in [3.8, 4) is 0 Å². The lowest BCUT2D eigenvalue weighted by Crippen LogP contribution is -2.07. The molecule has 0 aliphatic rings. The summed E-state index contributed by atoms with van der Waals surface area (Å²) in [5.74, 6) is 0. The average molecular weight is 294 g/mol. The zero-order chi connectivity index (χ0) is 15.8. The van der Waals surface area contributed by atoms with Crippen LogP contribution in [0.25, 0.3) is 11.6 Å². The van der Waals surface area contributed by atoms with Crippen LogP contribution in [0.4, 0.5) is 11.4 Å². The van der Waals surface area contributed by atoms with Crippen molar-refractivity contribution >= 4 is 29.4 Å². The lowest BCUT2D eigenvalue weighted by Gasteiger charge is -2.16. The van der Waals surface area contributed by atoms with Gasteiger partial charge in [-0.2, -0.15) is 0 Å². The Morgan fingerprint density at radius 3 is 2.55 bits per heavy atom. The van der Waals surface area contributed by atoms with Gasteiger partial charge in [-0.3, -0.25) is 4.79 Å².